The zero-order valence-electron chi connectivity index (χ0n) is 20.3. The van der Waals surface area contributed by atoms with Gasteiger partial charge < -0.3 is 10.0 Å². The van der Waals surface area contributed by atoms with Crippen molar-refractivity contribution in [1.29, 1.82) is 0 Å². The molecule has 0 bridgehead atoms. The van der Waals surface area contributed by atoms with Gasteiger partial charge in [-0.1, -0.05) is 0 Å². The summed E-state index contributed by atoms with van der Waals surface area (Å²) in [5, 5.41) is 19.7. The number of benzene rings is 2. The third-order valence-corrected chi connectivity index (χ3v) is 7.17. The molecule has 0 radical (unpaired) electrons. The Kier molecular flexibility index (Phi) is 5.40. The number of fused-ring (bicyclic) bond motifs is 2. The minimum absolute atomic E-state index is 0.311. The zero-order valence-corrected chi connectivity index (χ0v) is 20.3. The summed E-state index contributed by atoms with van der Waals surface area (Å²) in [6.45, 7) is 2.89. The van der Waals surface area contributed by atoms with Crippen molar-refractivity contribution in [2.45, 2.75) is 19.8 Å². The Morgan fingerprint density at radius 1 is 1.00 bits per heavy atom. The molecule has 10 heteroatoms. The molecule has 0 aliphatic carbocycles. The number of carboxylic acid groups (broad SMARTS) is 1. The smallest absolute Gasteiger partial charge is 0.306 e. The first kappa shape index (κ1) is 23.1. The number of anilines is 1. The standard InChI is InChI=1S/C27H24F2N6O2/c1-15-20(28)5-4-18-25(24-19-14-33(2)31-22(19)7-6-21(24)29)32-35(26(15)18)17-3-8-23(30-13-17)34-11-9-16(10-12-34)27(36)37/h3-8,13-14,16H,9-12H2,1-2H3,(H,36,37). The average molecular weight is 503 g/mol. The van der Waals surface area contributed by atoms with Gasteiger partial charge >= 0.3 is 5.97 Å². The van der Waals surface area contributed by atoms with Crippen LogP contribution in [0.3, 0.4) is 0 Å². The van der Waals surface area contributed by atoms with Gasteiger partial charge in [-0.3, -0.25) is 9.48 Å². The molecule has 0 spiro atoms. The van der Waals surface area contributed by atoms with Crippen molar-refractivity contribution >= 4 is 33.6 Å². The van der Waals surface area contributed by atoms with Crippen molar-refractivity contribution in [2.24, 2.45) is 13.0 Å². The van der Waals surface area contributed by atoms with E-state index in [4.69, 9.17) is 5.10 Å². The molecule has 6 rings (SSSR count). The second kappa shape index (κ2) is 8.65. The van der Waals surface area contributed by atoms with E-state index in [2.05, 4.69) is 15.0 Å². The topological polar surface area (TPSA) is 89.1 Å². The first-order valence-corrected chi connectivity index (χ1v) is 12.1. The summed E-state index contributed by atoms with van der Waals surface area (Å²) in [5.41, 5.74) is 2.88. The maximum atomic E-state index is 15.3. The Morgan fingerprint density at radius 3 is 2.46 bits per heavy atom. The summed E-state index contributed by atoms with van der Waals surface area (Å²) in [4.78, 5) is 17.9. The largest absolute Gasteiger partial charge is 0.481 e. The van der Waals surface area contributed by atoms with E-state index in [9.17, 15) is 14.3 Å². The first-order valence-electron chi connectivity index (χ1n) is 12.1. The van der Waals surface area contributed by atoms with Gasteiger partial charge in [0.05, 0.1) is 28.8 Å². The van der Waals surface area contributed by atoms with Crippen LogP contribution in [0, 0.1) is 24.5 Å². The molecule has 4 heterocycles. The Hall–Kier alpha value is -4.34. The molecule has 188 valence electrons. The highest BCUT2D eigenvalue weighted by molar-refractivity contribution is 6.03. The number of rotatable bonds is 4. The van der Waals surface area contributed by atoms with E-state index in [1.807, 2.05) is 12.1 Å². The molecule has 0 amide bonds. The van der Waals surface area contributed by atoms with Gasteiger partial charge in [-0.05, 0) is 56.2 Å². The highest BCUT2D eigenvalue weighted by atomic mass is 19.1. The normalized spacial score (nSPS) is 14.6. The monoisotopic (exact) mass is 502 g/mol. The molecule has 3 aromatic heterocycles. The lowest BCUT2D eigenvalue weighted by atomic mass is 9.97. The van der Waals surface area contributed by atoms with E-state index in [0.29, 0.717) is 70.2 Å². The minimum Gasteiger partial charge on any atom is -0.481 e. The summed E-state index contributed by atoms with van der Waals surface area (Å²) in [6, 6.07) is 9.68. The molecule has 8 nitrogen and oxygen atoms in total. The third kappa shape index (κ3) is 3.80. The van der Waals surface area contributed by atoms with Crippen LogP contribution < -0.4 is 4.90 Å². The first-order chi connectivity index (χ1) is 17.8. The predicted molar refractivity (Wildman–Crippen MR) is 136 cm³/mol. The lowest BCUT2D eigenvalue weighted by Gasteiger charge is -2.31. The molecule has 1 aliphatic heterocycles. The Labute approximate surface area is 210 Å². The van der Waals surface area contributed by atoms with Gasteiger partial charge in [0.15, 0.2) is 0 Å². The number of pyridine rings is 1. The zero-order chi connectivity index (χ0) is 25.8. The fraction of sp³-hybridized carbons (Fsp3) is 0.259. The van der Waals surface area contributed by atoms with Gasteiger partial charge in [0.25, 0.3) is 0 Å². The lowest BCUT2D eigenvalue weighted by molar-refractivity contribution is -0.142. The van der Waals surface area contributed by atoms with Crippen molar-refractivity contribution in [3.63, 3.8) is 0 Å². The predicted octanol–water partition coefficient (Wildman–Crippen LogP) is 4.86. The number of nitrogens with zero attached hydrogens (tertiary/aromatic N) is 6. The number of hydrogen-bond donors (Lipinski definition) is 1. The van der Waals surface area contributed by atoms with Gasteiger partial charge in [-0.15, -0.1) is 0 Å². The number of piperidine rings is 1. The summed E-state index contributed by atoms with van der Waals surface area (Å²) in [6.07, 6.45) is 4.53. The molecule has 37 heavy (non-hydrogen) atoms. The lowest BCUT2D eigenvalue weighted by Crippen LogP contribution is -2.36. The number of carbonyl (C=O) groups is 1. The summed E-state index contributed by atoms with van der Waals surface area (Å²) in [5.74, 6) is -1.17. The van der Waals surface area contributed by atoms with E-state index >= 15 is 4.39 Å². The Balaban J connectivity index is 1.46. The van der Waals surface area contributed by atoms with E-state index < -0.39 is 11.8 Å². The van der Waals surface area contributed by atoms with E-state index in [1.54, 1.807) is 47.9 Å². The average Bonchev–Trinajstić information content (AvgIpc) is 3.47. The minimum atomic E-state index is -0.759. The van der Waals surface area contributed by atoms with Crippen LogP contribution in [-0.4, -0.2) is 48.7 Å². The molecule has 1 N–H and O–H groups in total. The van der Waals surface area contributed by atoms with Crippen molar-refractivity contribution in [2.75, 3.05) is 18.0 Å². The van der Waals surface area contributed by atoms with E-state index in [-0.39, 0.29) is 11.7 Å². The fourth-order valence-corrected chi connectivity index (χ4v) is 5.19. The Morgan fingerprint density at radius 2 is 1.76 bits per heavy atom. The fourth-order valence-electron chi connectivity index (χ4n) is 5.19. The van der Waals surface area contributed by atoms with E-state index in [1.165, 1.54) is 12.1 Å². The molecule has 1 aliphatic rings. The molecule has 5 aromatic rings. The quantitative estimate of drug-likeness (QED) is 0.378. The van der Waals surface area contributed by atoms with E-state index in [0.717, 1.165) is 5.82 Å². The van der Waals surface area contributed by atoms with Crippen LogP contribution >= 0.6 is 0 Å². The molecule has 1 fully saturated rings. The number of carboxylic acids is 1. The van der Waals surface area contributed by atoms with Gasteiger partial charge in [0, 0.05) is 48.2 Å². The molecule has 2 aromatic carbocycles. The second-order valence-corrected chi connectivity index (χ2v) is 9.46. The van der Waals surface area contributed by atoms with Crippen molar-refractivity contribution in [3.05, 3.63) is 66.0 Å². The van der Waals surface area contributed by atoms with Gasteiger partial charge in [0.2, 0.25) is 0 Å². The highest BCUT2D eigenvalue weighted by Gasteiger charge is 2.26. The maximum Gasteiger partial charge on any atom is 0.306 e. The van der Waals surface area contributed by atoms with Gasteiger partial charge in [0.1, 0.15) is 23.1 Å². The summed E-state index contributed by atoms with van der Waals surface area (Å²) in [7, 11) is 1.77. The molecular formula is C27H24F2N6O2. The number of aromatic nitrogens is 5. The van der Waals surface area contributed by atoms with Crippen LogP contribution in [-0.2, 0) is 11.8 Å². The van der Waals surface area contributed by atoms with Crippen LogP contribution in [0.2, 0.25) is 0 Å². The number of halogens is 2. The van der Waals surface area contributed by atoms with Crippen LogP contribution in [0.5, 0.6) is 0 Å². The Bertz CT molecular complexity index is 1670. The maximum absolute atomic E-state index is 15.3. The van der Waals surface area contributed by atoms with Crippen LogP contribution in [0.15, 0.2) is 48.8 Å². The highest BCUT2D eigenvalue weighted by Crippen LogP contribution is 2.37. The van der Waals surface area contributed by atoms with Crippen molar-refractivity contribution < 1.29 is 18.7 Å². The van der Waals surface area contributed by atoms with Crippen LogP contribution in [0.4, 0.5) is 14.6 Å². The van der Waals surface area contributed by atoms with Crippen LogP contribution in [0.25, 0.3) is 38.8 Å². The molecule has 0 unspecified atom stereocenters. The van der Waals surface area contributed by atoms with Crippen LogP contribution in [0.1, 0.15) is 18.4 Å². The number of aryl methyl sites for hydroxylation is 2. The molecule has 0 atom stereocenters. The summed E-state index contributed by atoms with van der Waals surface area (Å²) < 4.78 is 33.2. The molecule has 1 saturated heterocycles. The SMILES string of the molecule is Cc1c(F)ccc2c(-c3c(F)ccc4nn(C)cc34)nn(-c3ccc(N4CCC(C(=O)O)CC4)nc3)c12. The molecule has 0 saturated carbocycles. The number of aliphatic carboxylic acids is 1. The molecular weight excluding hydrogens is 478 g/mol. The number of hydrogen-bond acceptors (Lipinski definition) is 5. The van der Waals surface area contributed by atoms with Gasteiger partial charge in [-0.2, -0.15) is 10.2 Å². The summed E-state index contributed by atoms with van der Waals surface area (Å²) >= 11 is 0. The van der Waals surface area contributed by atoms with Crippen molar-refractivity contribution in [1.82, 2.24) is 24.5 Å². The van der Waals surface area contributed by atoms with Gasteiger partial charge in [-0.25, -0.2) is 18.4 Å². The third-order valence-electron chi connectivity index (χ3n) is 7.17. The van der Waals surface area contributed by atoms with Crippen molar-refractivity contribution in [3.8, 4) is 16.9 Å². The second-order valence-electron chi connectivity index (χ2n) is 9.46.